The second-order valence-electron chi connectivity index (χ2n) is 4.67. The molecule has 1 aromatic carbocycles. The highest BCUT2D eigenvalue weighted by Gasteiger charge is 2.31. The summed E-state index contributed by atoms with van der Waals surface area (Å²) in [6.45, 7) is 1.79. The zero-order chi connectivity index (χ0) is 13.9. The van der Waals surface area contributed by atoms with Crippen LogP contribution < -0.4 is 5.32 Å². The minimum atomic E-state index is -0.818. The van der Waals surface area contributed by atoms with Gasteiger partial charge in [0, 0.05) is 32.2 Å². The van der Waals surface area contributed by atoms with E-state index in [-0.39, 0.29) is 5.69 Å². The molecule has 0 amide bonds. The van der Waals surface area contributed by atoms with E-state index in [2.05, 4.69) is 21.2 Å². The number of ether oxygens (including phenoxy) is 1. The fourth-order valence-corrected chi connectivity index (χ4v) is 2.37. The van der Waals surface area contributed by atoms with E-state index in [1.54, 1.807) is 12.1 Å². The van der Waals surface area contributed by atoms with Crippen LogP contribution in [0.5, 0.6) is 0 Å². The molecule has 1 unspecified atom stereocenters. The summed E-state index contributed by atoms with van der Waals surface area (Å²) in [5.41, 5.74) is 0.0287. The van der Waals surface area contributed by atoms with Crippen LogP contribution in [-0.2, 0) is 11.3 Å². The smallest absolute Gasteiger partial charge is 0.283 e. The van der Waals surface area contributed by atoms with Crippen molar-refractivity contribution in [1.29, 1.82) is 0 Å². The van der Waals surface area contributed by atoms with Gasteiger partial charge in [0.25, 0.3) is 5.69 Å². The molecule has 1 aliphatic heterocycles. The highest BCUT2D eigenvalue weighted by atomic mass is 79.9. The summed E-state index contributed by atoms with van der Waals surface area (Å²) in [6.07, 6.45) is 0.612. The molecule has 0 saturated carbocycles. The number of rotatable bonds is 5. The van der Waals surface area contributed by atoms with Gasteiger partial charge >= 0.3 is 0 Å². The standard InChI is InChI=1S/C12H15BrN2O4/c13-10-2-1-9(5-11(10)15(17)18)6-14-7-12(16)3-4-19-8-12/h1-2,5,14,16H,3-4,6-8H2. The molecule has 1 saturated heterocycles. The van der Waals surface area contributed by atoms with E-state index in [0.717, 1.165) is 5.56 Å². The summed E-state index contributed by atoms with van der Waals surface area (Å²) in [5.74, 6) is 0. The first-order valence-electron chi connectivity index (χ1n) is 5.94. The molecular formula is C12H15BrN2O4. The molecule has 6 nitrogen and oxygen atoms in total. The highest BCUT2D eigenvalue weighted by molar-refractivity contribution is 9.10. The van der Waals surface area contributed by atoms with Crippen LogP contribution >= 0.6 is 15.9 Å². The maximum absolute atomic E-state index is 10.8. The van der Waals surface area contributed by atoms with Crippen LogP contribution in [0.2, 0.25) is 0 Å². The number of hydrogen-bond acceptors (Lipinski definition) is 5. The molecule has 1 atom stereocenters. The van der Waals surface area contributed by atoms with E-state index in [1.807, 2.05) is 0 Å². The first-order chi connectivity index (χ1) is 9.00. The minimum Gasteiger partial charge on any atom is -0.386 e. The Morgan fingerprint density at radius 2 is 2.37 bits per heavy atom. The van der Waals surface area contributed by atoms with Crippen LogP contribution in [0.25, 0.3) is 0 Å². The van der Waals surface area contributed by atoms with Crippen molar-refractivity contribution in [1.82, 2.24) is 5.32 Å². The zero-order valence-corrected chi connectivity index (χ0v) is 11.9. The van der Waals surface area contributed by atoms with Crippen LogP contribution in [0.4, 0.5) is 5.69 Å². The normalized spacial score (nSPS) is 22.6. The molecule has 1 aromatic rings. The van der Waals surface area contributed by atoms with Gasteiger partial charge in [-0.25, -0.2) is 0 Å². The molecule has 0 aromatic heterocycles. The van der Waals surface area contributed by atoms with Crippen LogP contribution in [0.15, 0.2) is 22.7 Å². The van der Waals surface area contributed by atoms with Crippen molar-refractivity contribution < 1.29 is 14.8 Å². The predicted molar refractivity (Wildman–Crippen MR) is 72.9 cm³/mol. The van der Waals surface area contributed by atoms with Gasteiger partial charge in [-0.3, -0.25) is 10.1 Å². The molecule has 104 valence electrons. The van der Waals surface area contributed by atoms with E-state index in [9.17, 15) is 15.2 Å². The van der Waals surface area contributed by atoms with Crippen molar-refractivity contribution in [2.75, 3.05) is 19.8 Å². The number of nitro benzene ring substituents is 1. The third-order valence-corrected chi connectivity index (χ3v) is 3.74. The van der Waals surface area contributed by atoms with Crippen molar-refractivity contribution in [3.8, 4) is 0 Å². The zero-order valence-electron chi connectivity index (χ0n) is 10.3. The lowest BCUT2D eigenvalue weighted by atomic mass is 10.0. The van der Waals surface area contributed by atoms with Crippen LogP contribution in [0.1, 0.15) is 12.0 Å². The molecule has 2 rings (SSSR count). The number of nitrogens with one attached hydrogen (secondary N) is 1. The third-order valence-electron chi connectivity index (χ3n) is 3.07. The summed E-state index contributed by atoms with van der Waals surface area (Å²) in [5, 5.41) is 24.0. The van der Waals surface area contributed by atoms with Crippen molar-refractivity contribution in [2.24, 2.45) is 0 Å². The van der Waals surface area contributed by atoms with Crippen molar-refractivity contribution in [3.05, 3.63) is 38.3 Å². The summed E-state index contributed by atoms with van der Waals surface area (Å²) < 4.78 is 5.61. The second-order valence-corrected chi connectivity index (χ2v) is 5.53. The number of aliphatic hydroxyl groups is 1. The van der Waals surface area contributed by atoms with Crippen molar-refractivity contribution in [3.63, 3.8) is 0 Å². The molecule has 1 fully saturated rings. The monoisotopic (exact) mass is 330 g/mol. The molecule has 19 heavy (non-hydrogen) atoms. The van der Waals surface area contributed by atoms with Gasteiger partial charge in [-0.15, -0.1) is 0 Å². The van der Waals surface area contributed by atoms with Gasteiger partial charge in [0.2, 0.25) is 0 Å². The fraction of sp³-hybridized carbons (Fsp3) is 0.500. The lowest BCUT2D eigenvalue weighted by Gasteiger charge is -2.20. The third kappa shape index (κ3) is 3.73. The van der Waals surface area contributed by atoms with Crippen LogP contribution in [0.3, 0.4) is 0 Å². The van der Waals surface area contributed by atoms with E-state index in [1.165, 1.54) is 6.07 Å². The van der Waals surface area contributed by atoms with E-state index < -0.39 is 10.5 Å². The quantitative estimate of drug-likeness (QED) is 0.632. The van der Waals surface area contributed by atoms with E-state index in [4.69, 9.17) is 4.74 Å². The van der Waals surface area contributed by atoms with Gasteiger partial charge in [0.05, 0.1) is 16.0 Å². The number of hydrogen-bond donors (Lipinski definition) is 2. The average molecular weight is 331 g/mol. The topological polar surface area (TPSA) is 84.6 Å². The van der Waals surface area contributed by atoms with E-state index >= 15 is 0 Å². The minimum absolute atomic E-state index is 0.0437. The van der Waals surface area contributed by atoms with Gasteiger partial charge in [-0.1, -0.05) is 6.07 Å². The first-order valence-corrected chi connectivity index (χ1v) is 6.73. The molecular weight excluding hydrogens is 316 g/mol. The Kier molecular flexibility index (Phi) is 4.51. The average Bonchev–Trinajstić information content (AvgIpc) is 2.78. The van der Waals surface area contributed by atoms with Gasteiger partial charge in [-0.05, 0) is 27.6 Å². The molecule has 0 bridgehead atoms. The Bertz CT molecular complexity index is 475. The van der Waals surface area contributed by atoms with Gasteiger partial charge in [0.15, 0.2) is 0 Å². The summed E-state index contributed by atoms with van der Waals surface area (Å²) >= 11 is 3.14. The molecule has 0 aliphatic carbocycles. The summed E-state index contributed by atoms with van der Waals surface area (Å²) in [7, 11) is 0. The lowest BCUT2D eigenvalue weighted by molar-refractivity contribution is -0.385. The Labute approximate surface area is 119 Å². The van der Waals surface area contributed by atoms with Crippen molar-refractivity contribution >= 4 is 21.6 Å². The number of halogens is 1. The summed E-state index contributed by atoms with van der Waals surface area (Å²) in [6, 6.07) is 4.98. The van der Waals surface area contributed by atoms with E-state index in [0.29, 0.717) is 37.2 Å². The SMILES string of the molecule is O=[N+]([O-])c1cc(CNCC2(O)CCOC2)ccc1Br. The largest absolute Gasteiger partial charge is 0.386 e. The fourth-order valence-electron chi connectivity index (χ4n) is 1.98. The Morgan fingerprint density at radius 3 is 3.00 bits per heavy atom. The molecule has 0 radical (unpaired) electrons. The Hall–Kier alpha value is -1.02. The first kappa shape index (κ1) is 14.4. The molecule has 0 spiro atoms. The second kappa shape index (κ2) is 5.96. The Morgan fingerprint density at radius 1 is 1.58 bits per heavy atom. The highest BCUT2D eigenvalue weighted by Crippen LogP contribution is 2.25. The number of benzene rings is 1. The molecule has 1 heterocycles. The predicted octanol–water partition coefficient (Wildman–Crippen LogP) is 1.60. The van der Waals surface area contributed by atoms with Gasteiger partial charge < -0.3 is 15.2 Å². The maximum atomic E-state index is 10.8. The molecule has 2 N–H and O–H groups in total. The summed E-state index contributed by atoms with van der Waals surface area (Å²) in [4.78, 5) is 10.4. The number of nitrogens with zero attached hydrogens (tertiary/aromatic N) is 1. The van der Waals surface area contributed by atoms with Crippen LogP contribution in [0, 0.1) is 10.1 Å². The molecule has 1 aliphatic rings. The van der Waals surface area contributed by atoms with Gasteiger partial charge in [-0.2, -0.15) is 0 Å². The van der Waals surface area contributed by atoms with Crippen molar-refractivity contribution in [2.45, 2.75) is 18.6 Å². The molecule has 7 heteroatoms. The lowest BCUT2D eigenvalue weighted by Crippen LogP contribution is -2.40. The van der Waals surface area contributed by atoms with Gasteiger partial charge in [0.1, 0.15) is 5.60 Å². The maximum Gasteiger partial charge on any atom is 0.283 e. The Balaban J connectivity index is 1.92. The van der Waals surface area contributed by atoms with Crippen LogP contribution in [-0.4, -0.2) is 35.4 Å². The number of nitro groups is 1.